The maximum absolute atomic E-state index is 12.8. The van der Waals surface area contributed by atoms with Gasteiger partial charge >= 0.3 is 5.97 Å². The van der Waals surface area contributed by atoms with Crippen LogP contribution in [-0.2, 0) is 32.8 Å². The number of nitrogens with zero attached hydrogens (tertiary/aromatic N) is 1. The molecule has 1 amide bonds. The number of nitrogens with one attached hydrogen (secondary N) is 1. The van der Waals surface area contributed by atoms with Crippen LogP contribution in [-0.4, -0.2) is 75.6 Å². The monoisotopic (exact) mass is 458 g/mol. The number of carbonyl (C=O) groups excluding carboxylic acids is 2. The summed E-state index contributed by atoms with van der Waals surface area (Å²) in [5.41, 5.74) is 0.730. The van der Waals surface area contributed by atoms with E-state index in [2.05, 4.69) is 10.2 Å². The van der Waals surface area contributed by atoms with Crippen molar-refractivity contribution in [2.24, 2.45) is 0 Å². The number of hydrogen-bond acceptors (Lipinski definition) is 8. The van der Waals surface area contributed by atoms with Crippen LogP contribution in [0.2, 0.25) is 0 Å². The summed E-state index contributed by atoms with van der Waals surface area (Å²) in [5.74, 6) is -0.475. The summed E-state index contributed by atoms with van der Waals surface area (Å²) in [6.07, 6.45) is 1.32. The van der Waals surface area contributed by atoms with Gasteiger partial charge < -0.3 is 35.0 Å². The molecule has 9 heteroatoms. The van der Waals surface area contributed by atoms with E-state index in [1.165, 1.54) is 13.8 Å². The van der Waals surface area contributed by atoms with Gasteiger partial charge in [-0.25, -0.2) is 4.79 Å². The average molecular weight is 459 g/mol. The molecule has 5 rings (SSSR count). The van der Waals surface area contributed by atoms with Crippen LogP contribution in [0.4, 0.5) is 0 Å². The molecule has 4 N–H and O–H groups in total. The molecule has 1 aromatic rings. The number of amides is 1. The molecule has 2 aliphatic heterocycles. The van der Waals surface area contributed by atoms with Crippen LogP contribution in [0.1, 0.15) is 43.4 Å². The predicted molar refractivity (Wildman–Crippen MR) is 116 cm³/mol. The normalized spacial score (nSPS) is 33.3. The fourth-order valence-electron chi connectivity index (χ4n) is 6.23. The van der Waals surface area contributed by atoms with Crippen molar-refractivity contribution in [3.8, 4) is 5.75 Å². The highest BCUT2D eigenvalue weighted by Crippen LogP contribution is 2.64. The molecular weight excluding hydrogens is 428 g/mol. The quantitative estimate of drug-likeness (QED) is 0.450. The van der Waals surface area contributed by atoms with Gasteiger partial charge in [-0.1, -0.05) is 12.1 Å². The summed E-state index contributed by atoms with van der Waals surface area (Å²) in [6, 6.07) is 2.76. The Kier molecular flexibility index (Phi) is 5.09. The first-order chi connectivity index (χ1) is 15.6. The third kappa shape index (κ3) is 2.92. The lowest BCUT2D eigenvalue weighted by Gasteiger charge is -2.61. The Hall–Kier alpha value is -2.46. The number of likely N-dealkylation sites (tertiary alicyclic amines) is 1. The second-order valence-corrected chi connectivity index (χ2v) is 9.73. The van der Waals surface area contributed by atoms with Crippen LogP contribution >= 0.6 is 0 Å². The molecule has 1 fully saturated rings. The van der Waals surface area contributed by atoms with E-state index in [1.807, 2.05) is 19.2 Å². The van der Waals surface area contributed by atoms with Gasteiger partial charge in [-0.3, -0.25) is 4.79 Å². The molecule has 2 heterocycles. The van der Waals surface area contributed by atoms with Crippen LogP contribution < -0.4 is 10.1 Å². The van der Waals surface area contributed by atoms with E-state index in [0.717, 1.165) is 17.7 Å². The molecule has 9 nitrogen and oxygen atoms in total. The number of piperidine rings is 1. The molecule has 4 aliphatic rings. The first kappa shape index (κ1) is 22.3. The van der Waals surface area contributed by atoms with E-state index in [1.54, 1.807) is 6.08 Å². The number of esters is 1. The molecule has 0 unspecified atom stereocenters. The third-order valence-corrected chi connectivity index (χ3v) is 7.94. The van der Waals surface area contributed by atoms with Crippen LogP contribution in [0.3, 0.4) is 0 Å². The summed E-state index contributed by atoms with van der Waals surface area (Å²) in [6.45, 7) is 3.35. The lowest BCUT2D eigenvalue weighted by molar-refractivity contribution is -0.170. The van der Waals surface area contributed by atoms with E-state index in [-0.39, 0.29) is 12.6 Å². The minimum absolute atomic E-state index is 0.117. The van der Waals surface area contributed by atoms with Gasteiger partial charge in [-0.2, -0.15) is 0 Å². The van der Waals surface area contributed by atoms with Crippen molar-refractivity contribution >= 4 is 11.9 Å². The number of hydrogen-bond donors (Lipinski definition) is 4. The second-order valence-electron chi connectivity index (χ2n) is 9.73. The van der Waals surface area contributed by atoms with E-state index in [0.29, 0.717) is 36.3 Å². The summed E-state index contributed by atoms with van der Waals surface area (Å²) >= 11 is 0. The number of aliphatic hydroxyl groups is 3. The molecule has 1 aromatic carbocycles. The van der Waals surface area contributed by atoms with Crippen molar-refractivity contribution in [2.75, 3.05) is 13.6 Å². The topological polar surface area (TPSA) is 129 Å². The Morgan fingerprint density at radius 3 is 2.82 bits per heavy atom. The summed E-state index contributed by atoms with van der Waals surface area (Å²) in [5, 5.41) is 33.9. The molecule has 1 saturated heterocycles. The zero-order chi connectivity index (χ0) is 23.7. The molecule has 178 valence electrons. The van der Waals surface area contributed by atoms with Gasteiger partial charge in [0.25, 0.3) is 0 Å². The van der Waals surface area contributed by atoms with Crippen molar-refractivity contribution in [2.45, 2.75) is 75.0 Å². The molecule has 0 radical (unpaired) electrons. The Morgan fingerprint density at radius 1 is 1.36 bits per heavy atom. The smallest absolute Gasteiger partial charge is 0.333 e. The molecule has 6 atom stereocenters. The van der Waals surface area contributed by atoms with Gasteiger partial charge in [0.05, 0.1) is 17.6 Å². The second kappa shape index (κ2) is 7.53. The zero-order valence-electron chi connectivity index (χ0n) is 19.0. The van der Waals surface area contributed by atoms with E-state index in [9.17, 15) is 24.9 Å². The minimum Gasteiger partial charge on any atom is -0.481 e. The molecular formula is C24H30N2O7. The highest BCUT2D eigenvalue weighted by Gasteiger charge is 2.71. The Labute approximate surface area is 192 Å². The fourth-order valence-corrected chi connectivity index (χ4v) is 6.23. The minimum atomic E-state index is -1.25. The molecule has 33 heavy (non-hydrogen) atoms. The SMILES string of the molecule is C[C@H](O)C(=O)N[C@@H](C)C(=O)OC1=CC[C@@]2(O)[C@H]3Cc4ccc(CO)c5c4[C@@]2(CCN3C)[C@H]1O5. The van der Waals surface area contributed by atoms with Gasteiger partial charge in [0.1, 0.15) is 23.7 Å². The number of benzene rings is 1. The third-order valence-electron chi connectivity index (χ3n) is 7.94. The largest absolute Gasteiger partial charge is 0.481 e. The number of aliphatic hydroxyl groups excluding tert-OH is 2. The van der Waals surface area contributed by atoms with Gasteiger partial charge in [-0.05, 0) is 51.9 Å². The fraction of sp³-hybridized carbons (Fsp3) is 0.583. The van der Waals surface area contributed by atoms with E-state index in [4.69, 9.17) is 9.47 Å². The highest BCUT2D eigenvalue weighted by atomic mass is 16.6. The molecule has 0 aromatic heterocycles. The maximum atomic E-state index is 12.8. The first-order valence-electron chi connectivity index (χ1n) is 11.4. The van der Waals surface area contributed by atoms with Crippen LogP contribution in [0.25, 0.3) is 0 Å². The summed E-state index contributed by atoms with van der Waals surface area (Å²) in [4.78, 5) is 26.8. The van der Waals surface area contributed by atoms with Crippen molar-refractivity contribution in [3.63, 3.8) is 0 Å². The predicted octanol–water partition coefficient (Wildman–Crippen LogP) is -0.115. The lowest BCUT2D eigenvalue weighted by Crippen LogP contribution is -2.74. The van der Waals surface area contributed by atoms with Crippen molar-refractivity contribution in [1.82, 2.24) is 10.2 Å². The number of ether oxygens (including phenoxy) is 2. The highest BCUT2D eigenvalue weighted by molar-refractivity contribution is 5.86. The average Bonchev–Trinajstić information content (AvgIpc) is 3.13. The van der Waals surface area contributed by atoms with Crippen LogP contribution in [0, 0.1) is 0 Å². The molecule has 2 aliphatic carbocycles. The maximum Gasteiger partial charge on any atom is 0.333 e. The van der Waals surface area contributed by atoms with Crippen LogP contribution in [0.15, 0.2) is 24.0 Å². The Balaban J connectivity index is 1.54. The Morgan fingerprint density at radius 2 is 2.12 bits per heavy atom. The number of likely N-dealkylation sites (N-methyl/N-ethyl adjacent to an activating group) is 1. The van der Waals surface area contributed by atoms with Crippen molar-refractivity contribution < 1.29 is 34.4 Å². The van der Waals surface area contributed by atoms with Crippen molar-refractivity contribution in [1.29, 1.82) is 0 Å². The first-order valence-corrected chi connectivity index (χ1v) is 11.4. The van der Waals surface area contributed by atoms with Gasteiger partial charge in [-0.15, -0.1) is 0 Å². The van der Waals surface area contributed by atoms with E-state index < -0.39 is 41.1 Å². The van der Waals surface area contributed by atoms with E-state index >= 15 is 0 Å². The molecule has 2 bridgehead atoms. The Bertz CT molecular complexity index is 1050. The zero-order valence-corrected chi connectivity index (χ0v) is 19.0. The molecule has 1 spiro atoms. The number of carbonyl (C=O) groups is 2. The van der Waals surface area contributed by atoms with Gasteiger partial charge in [0.2, 0.25) is 5.91 Å². The van der Waals surface area contributed by atoms with Gasteiger partial charge in [0, 0.05) is 23.6 Å². The van der Waals surface area contributed by atoms with Crippen molar-refractivity contribution in [3.05, 3.63) is 40.7 Å². The standard InChI is InChI=1S/C24H30N2O7/c1-12(25-21(29)13(2)28)22(30)32-16-6-7-24(31)17-10-14-4-5-15(11-27)19-18(14)23(24,20(16)33-19)8-9-26(17)3/h4-6,12-13,17,20,27-28,31H,7-11H2,1-3H3,(H,25,29)/t12-,13-,17+,20-,23-,24+/m0/s1. The number of rotatable bonds is 5. The lowest BCUT2D eigenvalue weighted by atomic mass is 9.50. The molecule has 0 saturated carbocycles. The summed E-state index contributed by atoms with van der Waals surface area (Å²) in [7, 11) is 2.01. The van der Waals surface area contributed by atoms with Gasteiger partial charge in [0.15, 0.2) is 6.10 Å². The summed E-state index contributed by atoms with van der Waals surface area (Å²) < 4.78 is 12.1. The van der Waals surface area contributed by atoms with Crippen LogP contribution in [0.5, 0.6) is 5.75 Å².